The van der Waals surface area contributed by atoms with Gasteiger partial charge in [0.25, 0.3) is 0 Å². The highest BCUT2D eigenvalue weighted by Gasteiger charge is 2.07. The standard InChI is InChI=1S/C11H13BrN4/c1-2-10-11(13)14-15-16(10)7-8-3-5-9(12)6-4-8/h3-6H,2,7,13H2,1H3. The third kappa shape index (κ3) is 2.24. The Morgan fingerprint density at radius 2 is 2.00 bits per heavy atom. The molecule has 5 heteroatoms. The normalized spacial score (nSPS) is 10.6. The SMILES string of the molecule is CCc1c(N)nnn1Cc1ccc(Br)cc1. The van der Waals surface area contributed by atoms with Crippen molar-refractivity contribution in [2.75, 3.05) is 5.73 Å². The number of nitrogens with two attached hydrogens (primary N) is 1. The summed E-state index contributed by atoms with van der Waals surface area (Å²) in [5, 5.41) is 7.92. The van der Waals surface area contributed by atoms with Crippen molar-refractivity contribution in [2.24, 2.45) is 0 Å². The number of hydrogen-bond donors (Lipinski definition) is 1. The molecule has 4 nitrogen and oxygen atoms in total. The number of aromatic nitrogens is 3. The molecule has 16 heavy (non-hydrogen) atoms. The summed E-state index contributed by atoms with van der Waals surface area (Å²) in [5.41, 5.74) is 7.90. The molecule has 0 spiro atoms. The number of hydrogen-bond acceptors (Lipinski definition) is 3. The zero-order chi connectivity index (χ0) is 11.5. The summed E-state index contributed by atoms with van der Waals surface area (Å²) in [4.78, 5) is 0. The first kappa shape index (κ1) is 11.1. The van der Waals surface area contributed by atoms with Crippen molar-refractivity contribution in [1.82, 2.24) is 15.0 Å². The lowest BCUT2D eigenvalue weighted by Gasteiger charge is -2.05. The molecule has 0 aliphatic rings. The summed E-state index contributed by atoms with van der Waals surface area (Å²) >= 11 is 3.41. The summed E-state index contributed by atoms with van der Waals surface area (Å²) < 4.78 is 2.92. The van der Waals surface area contributed by atoms with Gasteiger partial charge in [0.2, 0.25) is 0 Å². The zero-order valence-corrected chi connectivity index (χ0v) is 10.6. The lowest BCUT2D eigenvalue weighted by molar-refractivity contribution is 0.622. The van der Waals surface area contributed by atoms with E-state index in [1.165, 1.54) is 5.56 Å². The maximum Gasteiger partial charge on any atom is 0.169 e. The van der Waals surface area contributed by atoms with E-state index >= 15 is 0 Å². The topological polar surface area (TPSA) is 56.7 Å². The van der Waals surface area contributed by atoms with Crippen molar-refractivity contribution in [1.29, 1.82) is 0 Å². The van der Waals surface area contributed by atoms with Gasteiger partial charge in [0.15, 0.2) is 5.82 Å². The number of nitrogen functional groups attached to an aromatic ring is 1. The van der Waals surface area contributed by atoms with Crippen LogP contribution in [0.4, 0.5) is 5.82 Å². The molecule has 1 aromatic carbocycles. The van der Waals surface area contributed by atoms with E-state index in [4.69, 9.17) is 5.73 Å². The Balaban J connectivity index is 2.23. The lowest BCUT2D eigenvalue weighted by Crippen LogP contribution is -2.06. The van der Waals surface area contributed by atoms with E-state index in [0.717, 1.165) is 16.6 Å². The number of anilines is 1. The monoisotopic (exact) mass is 280 g/mol. The average molecular weight is 281 g/mol. The van der Waals surface area contributed by atoms with Crippen molar-refractivity contribution in [3.8, 4) is 0 Å². The summed E-state index contributed by atoms with van der Waals surface area (Å²) in [6.07, 6.45) is 0.843. The molecular formula is C11H13BrN4. The molecule has 0 amide bonds. The van der Waals surface area contributed by atoms with E-state index in [0.29, 0.717) is 12.4 Å². The molecule has 2 rings (SSSR count). The van der Waals surface area contributed by atoms with Crippen LogP contribution in [0, 0.1) is 0 Å². The van der Waals surface area contributed by atoms with Crippen molar-refractivity contribution in [3.05, 3.63) is 40.0 Å². The maximum absolute atomic E-state index is 5.73. The molecule has 2 aromatic rings. The van der Waals surface area contributed by atoms with Crippen molar-refractivity contribution >= 4 is 21.7 Å². The van der Waals surface area contributed by atoms with Crippen molar-refractivity contribution in [2.45, 2.75) is 19.9 Å². The van der Waals surface area contributed by atoms with Gasteiger partial charge >= 0.3 is 0 Å². The van der Waals surface area contributed by atoms with Crippen LogP contribution in [0.25, 0.3) is 0 Å². The highest BCUT2D eigenvalue weighted by atomic mass is 79.9. The fourth-order valence-electron chi connectivity index (χ4n) is 1.60. The number of benzene rings is 1. The van der Waals surface area contributed by atoms with Crippen LogP contribution in [0.2, 0.25) is 0 Å². The van der Waals surface area contributed by atoms with E-state index in [1.807, 2.05) is 23.7 Å². The number of rotatable bonds is 3. The van der Waals surface area contributed by atoms with Crippen LogP contribution < -0.4 is 5.73 Å². The first-order valence-corrected chi connectivity index (χ1v) is 5.92. The zero-order valence-electron chi connectivity index (χ0n) is 9.02. The molecule has 0 radical (unpaired) electrons. The molecule has 0 unspecified atom stereocenters. The van der Waals surface area contributed by atoms with Gasteiger partial charge in [0, 0.05) is 4.47 Å². The van der Waals surface area contributed by atoms with E-state index < -0.39 is 0 Å². The average Bonchev–Trinajstić information content (AvgIpc) is 2.63. The fourth-order valence-corrected chi connectivity index (χ4v) is 1.86. The largest absolute Gasteiger partial charge is 0.381 e. The van der Waals surface area contributed by atoms with Crippen LogP contribution in [-0.4, -0.2) is 15.0 Å². The van der Waals surface area contributed by atoms with Crippen molar-refractivity contribution < 1.29 is 0 Å². The van der Waals surface area contributed by atoms with Gasteiger partial charge in [-0.15, -0.1) is 5.10 Å². The Morgan fingerprint density at radius 3 is 2.62 bits per heavy atom. The van der Waals surface area contributed by atoms with Crippen molar-refractivity contribution in [3.63, 3.8) is 0 Å². The summed E-state index contributed by atoms with van der Waals surface area (Å²) in [6.45, 7) is 2.76. The van der Waals surface area contributed by atoms with Gasteiger partial charge in [-0.05, 0) is 24.1 Å². The summed E-state index contributed by atoms with van der Waals surface area (Å²) in [7, 11) is 0. The van der Waals surface area contributed by atoms with E-state index in [9.17, 15) is 0 Å². The highest BCUT2D eigenvalue weighted by Crippen LogP contribution is 2.14. The Hall–Kier alpha value is -1.36. The summed E-state index contributed by atoms with van der Waals surface area (Å²) in [6, 6.07) is 8.14. The second kappa shape index (κ2) is 4.65. The molecule has 0 saturated carbocycles. The van der Waals surface area contributed by atoms with Gasteiger partial charge in [-0.1, -0.05) is 40.2 Å². The van der Waals surface area contributed by atoms with Crippen LogP contribution in [0.3, 0.4) is 0 Å². The van der Waals surface area contributed by atoms with Crippen LogP contribution in [-0.2, 0) is 13.0 Å². The molecule has 0 atom stereocenters. The fraction of sp³-hybridized carbons (Fsp3) is 0.273. The van der Waals surface area contributed by atoms with E-state index in [-0.39, 0.29) is 0 Å². The molecule has 0 saturated heterocycles. The van der Waals surface area contributed by atoms with E-state index in [1.54, 1.807) is 0 Å². The Labute approximate surface area is 103 Å². The smallest absolute Gasteiger partial charge is 0.169 e. The first-order valence-electron chi connectivity index (χ1n) is 5.13. The molecule has 84 valence electrons. The van der Waals surface area contributed by atoms with Gasteiger partial charge in [-0.3, -0.25) is 0 Å². The minimum absolute atomic E-state index is 0.527. The Morgan fingerprint density at radius 1 is 1.31 bits per heavy atom. The molecule has 0 bridgehead atoms. The van der Waals surface area contributed by atoms with Crippen LogP contribution in [0.1, 0.15) is 18.2 Å². The predicted octanol–water partition coefficient (Wildman–Crippen LogP) is 2.23. The molecule has 0 aliphatic carbocycles. The van der Waals surface area contributed by atoms with Crippen LogP contribution in [0.15, 0.2) is 28.7 Å². The minimum Gasteiger partial charge on any atom is -0.381 e. The first-order chi connectivity index (χ1) is 7.70. The van der Waals surface area contributed by atoms with Gasteiger partial charge in [0.05, 0.1) is 12.2 Å². The lowest BCUT2D eigenvalue weighted by atomic mass is 10.2. The van der Waals surface area contributed by atoms with Gasteiger partial charge < -0.3 is 5.73 Å². The van der Waals surface area contributed by atoms with Gasteiger partial charge in [0.1, 0.15) is 0 Å². The number of nitrogens with zero attached hydrogens (tertiary/aromatic N) is 3. The summed E-state index contributed by atoms with van der Waals surface area (Å²) in [5.74, 6) is 0.527. The molecule has 2 N–H and O–H groups in total. The van der Waals surface area contributed by atoms with Crippen LogP contribution in [0.5, 0.6) is 0 Å². The quantitative estimate of drug-likeness (QED) is 0.938. The minimum atomic E-state index is 0.527. The Bertz CT molecular complexity index is 475. The van der Waals surface area contributed by atoms with Crippen LogP contribution >= 0.6 is 15.9 Å². The Kier molecular flexibility index (Phi) is 3.24. The second-order valence-corrected chi connectivity index (χ2v) is 4.47. The molecule has 1 aromatic heterocycles. The third-order valence-electron chi connectivity index (χ3n) is 2.45. The third-order valence-corrected chi connectivity index (χ3v) is 2.98. The predicted molar refractivity (Wildman–Crippen MR) is 67.1 cm³/mol. The molecular weight excluding hydrogens is 268 g/mol. The van der Waals surface area contributed by atoms with E-state index in [2.05, 4.69) is 38.4 Å². The number of halogens is 1. The highest BCUT2D eigenvalue weighted by molar-refractivity contribution is 9.10. The second-order valence-electron chi connectivity index (χ2n) is 3.56. The molecule has 0 fully saturated rings. The molecule has 0 aliphatic heterocycles. The molecule has 1 heterocycles. The van der Waals surface area contributed by atoms with Gasteiger partial charge in [-0.25, -0.2) is 4.68 Å². The maximum atomic E-state index is 5.73. The van der Waals surface area contributed by atoms with Gasteiger partial charge in [-0.2, -0.15) is 0 Å².